The number of aliphatic hydroxyl groups is 1. The molecule has 0 bridgehead atoms. The zero-order valence-corrected chi connectivity index (χ0v) is 22.9. The molecule has 5 N–H and O–H groups in total. The maximum atomic E-state index is 11.8. The maximum Gasteiger partial charge on any atom is 0.472 e. The summed E-state index contributed by atoms with van der Waals surface area (Å²) in [5, 5.41) is 18.3. The second kappa shape index (κ2) is 23.3. The van der Waals surface area contributed by atoms with Gasteiger partial charge in [0.25, 0.3) is 0 Å². The molecule has 10 nitrogen and oxygen atoms in total. The number of carboxylic acid groups (broad SMARTS) is 1. The predicted molar refractivity (Wildman–Crippen MR) is 143 cm³/mol. The van der Waals surface area contributed by atoms with Crippen LogP contribution >= 0.6 is 7.82 Å². The van der Waals surface area contributed by atoms with Crippen LogP contribution < -0.4 is 5.73 Å². The molecule has 0 spiro atoms. The zero-order chi connectivity index (χ0) is 27.8. The number of ether oxygens (including phenoxy) is 1. The Kier molecular flexibility index (Phi) is 22.2. The lowest BCUT2D eigenvalue weighted by Gasteiger charge is -2.16. The second-order valence-corrected chi connectivity index (χ2v) is 10.1. The van der Waals surface area contributed by atoms with Gasteiger partial charge in [-0.2, -0.15) is 0 Å². The molecule has 37 heavy (non-hydrogen) atoms. The number of esters is 1. The van der Waals surface area contributed by atoms with Gasteiger partial charge in [0.1, 0.15) is 18.8 Å². The molecule has 0 aliphatic heterocycles. The Morgan fingerprint density at radius 2 is 1.38 bits per heavy atom. The van der Waals surface area contributed by atoms with Crippen LogP contribution in [0.4, 0.5) is 0 Å². The van der Waals surface area contributed by atoms with E-state index in [0.717, 1.165) is 38.5 Å². The number of hydrogen-bond acceptors (Lipinski definition) is 8. The lowest BCUT2D eigenvalue weighted by molar-refractivity contribution is -0.147. The highest BCUT2D eigenvalue weighted by atomic mass is 31.2. The van der Waals surface area contributed by atoms with Crippen LogP contribution in [0.2, 0.25) is 0 Å². The predicted octanol–water partition coefficient (Wildman–Crippen LogP) is 4.81. The van der Waals surface area contributed by atoms with Gasteiger partial charge < -0.3 is 25.6 Å². The van der Waals surface area contributed by atoms with E-state index >= 15 is 0 Å². The number of hydrogen-bond donors (Lipinski definition) is 4. The van der Waals surface area contributed by atoms with Crippen LogP contribution in [-0.4, -0.2) is 59.0 Å². The number of nitrogens with two attached hydrogens (primary N) is 1. The third kappa shape index (κ3) is 24.3. The summed E-state index contributed by atoms with van der Waals surface area (Å²) in [5.41, 5.74) is 5.16. The highest BCUT2D eigenvalue weighted by Crippen LogP contribution is 2.43. The molecule has 0 heterocycles. The third-order valence-corrected chi connectivity index (χ3v) is 6.07. The minimum absolute atomic E-state index is 0.218. The molecule has 214 valence electrons. The van der Waals surface area contributed by atoms with Crippen molar-refractivity contribution in [2.75, 3.05) is 19.8 Å². The number of allylic oxidation sites excluding steroid dienone is 6. The van der Waals surface area contributed by atoms with Crippen molar-refractivity contribution in [3.8, 4) is 0 Å². The molecule has 0 fully saturated rings. The van der Waals surface area contributed by atoms with Crippen LogP contribution in [0.1, 0.15) is 84.0 Å². The Bertz CT molecular complexity index is 740. The normalized spacial score (nSPS) is 15.4. The van der Waals surface area contributed by atoms with Gasteiger partial charge in [-0.3, -0.25) is 18.6 Å². The quantitative estimate of drug-likeness (QED) is 0.0570. The highest BCUT2D eigenvalue weighted by molar-refractivity contribution is 7.47. The van der Waals surface area contributed by atoms with Crippen LogP contribution in [0.5, 0.6) is 0 Å². The fraction of sp³-hybridized carbons (Fsp3) is 0.692. The summed E-state index contributed by atoms with van der Waals surface area (Å²) >= 11 is 0. The first-order chi connectivity index (χ1) is 17.7. The van der Waals surface area contributed by atoms with Crippen LogP contribution in [0, 0.1) is 0 Å². The molecular formula is C26H46NO9P. The van der Waals surface area contributed by atoms with Crippen LogP contribution in [0.15, 0.2) is 36.5 Å². The average Bonchev–Trinajstić information content (AvgIpc) is 2.86. The van der Waals surface area contributed by atoms with E-state index in [4.69, 9.17) is 15.6 Å². The Morgan fingerprint density at radius 1 is 0.838 bits per heavy atom. The van der Waals surface area contributed by atoms with Crippen molar-refractivity contribution in [1.82, 2.24) is 0 Å². The smallest absolute Gasteiger partial charge is 0.472 e. The van der Waals surface area contributed by atoms with E-state index in [9.17, 15) is 24.2 Å². The van der Waals surface area contributed by atoms with Crippen molar-refractivity contribution in [3.63, 3.8) is 0 Å². The molecule has 1 unspecified atom stereocenters. The van der Waals surface area contributed by atoms with Gasteiger partial charge in [0.15, 0.2) is 0 Å². The minimum atomic E-state index is -4.59. The Hall–Kier alpha value is -1.81. The van der Waals surface area contributed by atoms with E-state index in [1.807, 2.05) is 0 Å². The fourth-order valence-electron chi connectivity index (χ4n) is 2.95. The van der Waals surface area contributed by atoms with E-state index in [-0.39, 0.29) is 6.42 Å². The number of carbonyl (C=O) groups excluding carboxylic acids is 1. The number of aliphatic carboxylic acids is 1. The third-order valence-electron chi connectivity index (χ3n) is 5.12. The van der Waals surface area contributed by atoms with Crippen molar-refractivity contribution in [1.29, 1.82) is 0 Å². The molecule has 0 saturated heterocycles. The van der Waals surface area contributed by atoms with Crippen molar-refractivity contribution >= 4 is 19.8 Å². The molecule has 0 saturated carbocycles. The summed E-state index contributed by atoms with van der Waals surface area (Å²) in [7, 11) is -4.59. The van der Waals surface area contributed by atoms with Gasteiger partial charge in [-0.1, -0.05) is 69.1 Å². The minimum Gasteiger partial charge on any atom is -0.480 e. The van der Waals surface area contributed by atoms with Crippen LogP contribution in [0.25, 0.3) is 0 Å². The number of aliphatic hydroxyl groups excluding tert-OH is 1. The van der Waals surface area contributed by atoms with Gasteiger partial charge in [0.2, 0.25) is 0 Å². The molecule has 0 aromatic heterocycles. The summed E-state index contributed by atoms with van der Waals surface area (Å²) in [6.45, 7) is 0.439. The molecule has 0 aromatic rings. The van der Waals surface area contributed by atoms with E-state index in [0.29, 0.717) is 6.42 Å². The molecule has 3 atom stereocenters. The molecular weight excluding hydrogens is 501 g/mol. The summed E-state index contributed by atoms with van der Waals surface area (Å²) in [5.74, 6) is -1.88. The molecule has 0 aliphatic rings. The standard InChI is InChI=1S/C26H46NO9P/c1-2-3-4-5-6-7-8-9-10-11-12-13-14-15-16-17-18-19-25(29)34-20-23(28)21-35-37(32,33)36-22-24(27)26(30)31/h6-7,9-10,12-13,23-24,28H,2-5,8,11,14-22,27H2,1H3,(H,30,31)(H,32,33)/b7-6-,10-9-,13-12-/t23-,24+/m1/s1. The van der Waals surface area contributed by atoms with Crippen LogP contribution in [-0.2, 0) is 27.9 Å². The Labute approximate surface area is 221 Å². The van der Waals surface area contributed by atoms with Gasteiger partial charge in [-0.05, 0) is 44.9 Å². The largest absolute Gasteiger partial charge is 0.480 e. The summed E-state index contributed by atoms with van der Waals surface area (Å²) in [4.78, 5) is 31.7. The van der Waals surface area contributed by atoms with E-state index < -0.39 is 51.7 Å². The van der Waals surface area contributed by atoms with Gasteiger partial charge in [0.05, 0.1) is 13.2 Å². The summed E-state index contributed by atoms with van der Waals surface area (Å²) < 4.78 is 25.5. The lowest BCUT2D eigenvalue weighted by atomic mass is 10.1. The Balaban J connectivity index is 3.68. The van der Waals surface area contributed by atoms with Crippen molar-refractivity contribution in [2.45, 2.75) is 96.1 Å². The van der Waals surface area contributed by atoms with Gasteiger partial charge in [0, 0.05) is 6.42 Å². The maximum absolute atomic E-state index is 11.8. The number of carboxylic acids is 1. The molecule has 0 rings (SSSR count). The number of carbonyl (C=O) groups is 2. The SMILES string of the molecule is CCCCC/C=C\C/C=C\C/C=C\CCCCCCC(=O)OC[C@@H](O)COP(=O)(O)OC[C@H](N)C(=O)O. The van der Waals surface area contributed by atoms with E-state index in [1.165, 1.54) is 25.7 Å². The van der Waals surface area contributed by atoms with Crippen molar-refractivity contribution in [2.24, 2.45) is 5.73 Å². The van der Waals surface area contributed by atoms with E-state index in [1.54, 1.807) is 0 Å². The first-order valence-electron chi connectivity index (χ1n) is 13.1. The molecule has 0 aromatic carbocycles. The number of unbranched alkanes of at least 4 members (excludes halogenated alkanes) is 7. The zero-order valence-electron chi connectivity index (χ0n) is 22.0. The number of phosphoric ester groups is 1. The average molecular weight is 548 g/mol. The molecule has 11 heteroatoms. The van der Waals surface area contributed by atoms with Crippen molar-refractivity contribution < 1.29 is 43.0 Å². The second-order valence-electron chi connectivity index (χ2n) is 8.68. The van der Waals surface area contributed by atoms with E-state index in [2.05, 4.69) is 52.4 Å². The van der Waals surface area contributed by atoms with Gasteiger partial charge in [-0.25, -0.2) is 4.57 Å². The summed E-state index contributed by atoms with van der Waals surface area (Å²) in [6, 6.07) is -1.49. The number of rotatable bonds is 24. The number of phosphoric acid groups is 1. The van der Waals surface area contributed by atoms with Gasteiger partial charge >= 0.3 is 19.8 Å². The highest BCUT2D eigenvalue weighted by Gasteiger charge is 2.26. The monoisotopic (exact) mass is 547 g/mol. The molecule has 0 aliphatic carbocycles. The lowest BCUT2D eigenvalue weighted by Crippen LogP contribution is -2.34. The molecule has 0 radical (unpaired) electrons. The fourth-order valence-corrected chi connectivity index (χ4v) is 3.73. The molecule has 0 amide bonds. The summed E-state index contributed by atoms with van der Waals surface area (Å²) in [6.07, 6.45) is 23.6. The first kappa shape index (κ1) is 35.2. The topological polar surface area (TPSA) is 166 Å². The van der Waals surface area contributed by atoms with Crippen molar-refractivity contribution in [3.05, 3.63) is 36.5 Å². The van der Waals surface area contributed by atoms with Gasteiger partial charge in [-0.15, -0.1) is 0 Å². The Morgan fingerprint density at radius 3 is 1.97 bits per heavy atom. The first-order valence-corrected chi connectivity index (χ1v) is 14.6. The van der Waals surface area contributed by atoms with Crippen LogP contribution in [0.3, 0.4) is 0 Å².